The van der Waals surface area contributed by atoms with E-state index in [-0.39, 0.29) is 18.4 Å². The maximum atomic E-state index is 12.4. The van der Waals surface area contributed by atoms with Crippen molar-refractivity contribution in [2.45, 2.75) is 19.3 Å². The average molecular weight is 388 g/mol. The van der Waals surface area contributed by atoms with Crippen LogP contribution < -0.4 is 20.4 Å². The lowest BCUT2D eigenvalue weighted by atomic mass is 10.2. The van der Waals surface area contributed by atoms with E-state index in [0.29, 0.717) is 26.1 Å². The maximum absolute atomic E-state index is 12.4. The smallest absolute Gasteiger partial charge is 0.242 e. The quantitative estimate of drug-likeness (QED) is 0.659. The molecular formula is C21H33N5O2. The lowest BCUT2D eigenvalue weighted by molar-refractivity contribution is -0.133. The van der Waals surface area contributed by atoms with Gasteiger partial charge in [-0.25, -0.2) is 0 Å². The Hall–Kier alpha value is -2.28. The van der Waals surface area contributed by atoms with Crippen LogP contribution in [-0.4, -0.2) is 76.6 Å². The van der Waals surface area contributed by atoms with Crippen LogP contribution in [0.3, 0.4) is 0 Å². The number of hydrogen-bond acceptors (Lipinski definition) is 5. The fourth-order valence-corrected chi connectivity index (χ4v) is 3.65. The third-order valence-corrected chi connectivity index (χ3v) is 5.53. The van der Waals surface area contributed by atoms with Crippen LogP contribution in [0.2, 0.25) is 0 Å². The summed E-state index contributed by atoms with van der Waals surface area (Å²) in [4.78, 5) is 30.7. The minimum atomic E-state index is -0.0889. The third kappa shape index (κ3) is 5.61. The van der Waals surface area contributed by atoms with Crippen molar-refractivity contribution in [3.8, 4) is 0 Å². The molecule has 2 fully saturated rings. The van der Waals surface area contributed by atoms with E-state index in [1.165, 1.54) is 24.2 Å². The summed E-state index contributed by atoms with van der Waals surface area (Å²) in [7, 11) is 3.98. The Labute approximate surface area is 168 Å². The number of rotatable bonds is 9. The third-order valence-electron chi connectivity index (χ3n) is 5.53. The second kappa shape index (κ2) is 9.78. The van der Waals surface area contributed by atoms with Gasteiger partial charge in [0.25, 0.3) is 0 Å². The molecule has 0 atom stereocenters. The first-order valence-electron chi connectivity index (χ1n) is 10.3. The van der Waals surface area contributed by atoms with Crippen molar-refractivity contribution in [1.29, 1.82) is 0 Å². The van der Waals surface area contributed by atoms with Gasteiger partial charge in [-0.3, -0.25) is 9.59 Å². The van der Waals surface area contributed by atoms with E-state index in [1.54, 1.807) is 7.05 Å². The maximum Gasteiger partial charge on any atom is 0.242 e. The SMILES string of the molecule is CNCCC(=O)NCC(=O)N1CCN(c2ccccc2N(C)CC2CC2)CC1. The van der Waals surface area contributed by atoms with Crippen molar-refractivity contribution in [1.82, 2.24) is 15.5 Å². The summed E-state index contributed by atoms with van der Waals surface area (Å²) in [5.41, 5.74) is 2.52. The number of amides is 2. The summed E-state index contributed by atoms with van der Waals surface area (Å²) in [6.07, 6.45) is 3.08. The minimum Gasteiger partial charge on any atom is -0.373 e. The second-order valence-electron chi connectivity index (χ2n) is 7.81. The van der Waals surface area contributed by atoms with E-state index < -0.39 is 0 Å². The summed E-state index contributed by atoms with van der Waals surface area (Å²) >= 11 is 0. The first kappa shape index (κ1) is 20.5. The van der Waals surface area contributed by atoms with Crippen LogP contribution in [0.4, 0.5) is 11.4 Å². The molecular weight excluding hydrogens is 354 g/mol. The molecule has 1 saturated heterocycles. The fourth-order valence-electron chi connectivity index (χ4n) is 3.65. The van der Waals surface area contributed by atoms with Crippen molar-refractivity contribution in [3.05, 3.63) is 24.3 Å². The van der Waals surface area contributed by atoms with Crippen LogP contribution in [0.5, 0.6) is 0 Å². The molecule has 28 heavy (non-hydrogen) atoms. The van der Waals surface area contributed by atoms with Gasteiger partial charge in [0.15, 0.2) is 0 Å². The predicted octanol–water partition coefficient (Wildman–Crippen LogP) is 0.907. The molecule has 3 rings (SSSR count). The first-order valence-corrected chi connectivity index (χ1v) is 10.3. The number of benzene rings is 1. The van der Waals surface area contributed by atoms with Crippen LogP contribution in [-0.2, 0) is 9.59 Å². The Balaban J connectivity index is 1.50. The number of carbonyl (C=O) groups excluding carboxylic acids is 2. The van der Waals surface area contributed by atoms with Gasteiger partial charge in [0.1, 0.15) is 0 Å². The number of carbonyl (C=O) groups is 2. The Kier molecular flexibility index (Phi) is 7.14. The molecule has 0 radical (unpaired) electrons. The first-order chi connectivity index (χ1) is 13.6. The molecule has 1 aliphatic carbocycles. The van der Waals surface area contributed by atoms with Gasteiger partial charge in [-0.1, -0.05) is 12.1 Å². The van der Waals surface area contributed by atoms with E-state index in [9.17, 15) is 9.59 Å². The molecule has 154 valence electrons. The van der Waals surface area contributed by atoms with Gasteiger partial charge in [-0.2, -0.15) is 0 Å². The Morgan fingerprint density at radius 3 is 2.54 bits per heavy atom. The van der Waals surface area contributed by atoms with Crippen LogP contribution in [0, 0.1) is 5.92 Å². The summed E-state index contributed by atoms with van der Waals surface area (Å²) in [5, 5.41) is 5.65. The molecule has 0 unspecified atom stereocenters. The molecule has 0 bridgehead atoms. The van der Waals surface area contributed by atoms with Crippen molar-refractivity contribution < 1.29 is 9.59 Å². The molecule has 0 spiro atoms. The molecule has 1 aliphatic heterocycles. The van der Waals surface area contributed by atoms with E-state index in [4.69, 9.17) is 0 Å². The lowest BCUT2D eigenvalue weighted by Gasteiger charge is -2.38. The fraction of sp³-hybridized carbons (Fsp3) is 0.619. The zero-order valence-electron chi connectivity index (χ0n) is 17.1. The summed E-state index contributed by atoms with van der Waals surface area (Å²) in [6, 6.07) is 8.55. The molecule has 2 N–H and O–H groups in total. The second-order valence-corrected chi connectivity index (χ2v) is 7.81. The summed E-state index contributed by atoms with van der Waals surface area (Å²) in [6.45, 7) is 4.82. The van der Waals surface area contributed by atoms with Gasteiger partial charge in [-0.15, -0.1) is 0 Å². The van der Waals surface area contributed by atoms with Crippen molar-refractivity contribution in [2.75, 3.05) is 69.7 Å². The zero-order valence-corrected chi connectivity index (χ0v) is 17.1. The van der Waals surface area contributed by atoms with Crippen LogP contribution in [0.25, 0.3) is 0 Å². The van der Waals surface area contributed by atoms with Gasteiger partial charge in [-0.05, 0) is 37.9 Å². The Bertz CT molecular complexity index is 669. The molecule has 1 aromatic rings. The molecule has 7 heteroatoms. The number of nitrogens with zero attached hydrogens (tertiary/aromatic N) is 3. The van der Waals surface area contributed by atoms with Gasteiger partial charge >= 0.3 is 0 Å². The van der Waals surface area contributed by atoms with Crippen molar-refractivity contribution in [3.63, 3.8) is 0 Å². The lowest BCUT2D eigenvalue weighted by Crippen LogP contribution is -2.51. The molecule has 2 aliphatic rings. The van der Waals surface area contributed by atoms with E-state index >= 15 is 0 Å². The normalized spacial score (nSPS) is 16.8. The number of nitrogens with one attached hydrogen (secondary N) is 2. The van der Waals surface area contributed by atoms with Crippen LogP contribution in [0.15, 0.2) is 24.3 Å². The molecule has 1 heterocycles. The van der Waals surface area contributed by atoms with Gasteiger partial charge in [0.2, 0.25) is 11.8 Å². The highest BCUT2D eigenvalue weighted by molar-refractivity contribution is 5.85. The van der Waals surface area contributed by atoms with E-state index in [1.807, 2.05) is 4.90 Å². The van der Waals surface area contributed by atoms with Crippen molar-refractivity contribution >= 4 is 23.2 Å². The number of piperazine rings is 1. The van der Waals surface area contributed by atoms with Crippen LogP contribution >= 0.6 is 0 Å². The van der Waals surface area contributed by atoms with Gasteiger partial charge < -0.3 is 25.3 Å². The topological polar surface area (TPSA) is 67.9 Å². The van der Waals surface area contributed by atoms with Crippen molar-refractivity contribution in [2.24, 2.45) is 5.92 Å². The number of anilines is 2. The number of para-hydroxylation sites is 2. The molecule has 1 saturated carbocycles. The molecule has 7 nitrogen and oxygen atoms in total. The van der Waals surface area contributed by atoms with E-state index in [2.05, 4.69) is 51.7 Å². The molecule has 2 amide bonds. The van der Waals surface area contributed by atoms with Crippen LogP contribution in [0.1, 0.15) is 19.3 Å². The largest absolute Gasteiger partial charge is 0.373 e. The Morgan fingerprint density at radius 1 is 1.14 bits per heavy atom. The van der Waals surface area contributed by atoms with E-state index in [0.717, 1.165) is 25.6 Å². The highest BCUT2D eigenvalue weighted by atomic mass is 16.2. The van der Waals surface area contributed by atoms with Gasteiger partial charge in [0, 0.05) is 52.7 Å². The standard InChI is InChI=1S/C21H33N5O2/c1-22-10-9-20(27)23-15-21(28)26-13-11-25(12-14-26)19-6-4-3-5-18(19)24(2)16-17-7-8-17/h3-6,17,22H,7-16H2,1-2H3,(H,23,27). The van der Waals surface area contributed by atoms with Gasteiger partial charge in [0.05, 0.1) is 17.9 Å². The Morgan fingerprint density at radius 2 is 1.86 bits per heavy atom. The monoisotopic (exact) mass is 387 g/mol. The number of hydrogen-bond donors (Lipinski definition) is 2. The predicted molar refractivity (Wildman–Crippen MR) is 113 cm³/mol. The molecule has 1 aromatic carbocycles. The highest BCUT2D eigenvalue weighted by Crippen LogP contribution is 2.34. The highest BCUT2D eigenvalue weighted by Gasteiger charge is 2.26. The zero-order chi connectivity index (χ0) is 19.9. The molecule has 0 aromatic heterocycles. The minimum absolute atomic E-state index is 0.00315. The summed E-state index contributed by atoms with van der Waals surface area (Å²) in [5.74, 6) is 0.751. The summed E-state index contributed by atoms with van der Waals surface area (Å²) < 4.78 is 0. The average Bonchev–Trinajstić information content (AvgIpc) is 3.54.